The van der Waals surface area contributed by atoms with E-state index in [1.165, 1.54) is 0 Å². The number of carbonyl (C=O) groups excluding carboxylic acids is 1. The zero-order chi connectivity index (χ0) is 16.5. The minimum atomic E-state index is -0.174. The van der Waals surface area contributed by atoms with Crippen molar-refractivity contribution in [1.82, 2.24) is 9.97 Å². The monoisotopic (exact) mass is 322 g/mol. The summed E-state index contributed by atoms with van der Waals surface area (Å²) in [6.07, 6.45) is 1.83. The number of hydrogen-bond donors (Lipinski definition) is 1. The Morgan fingerprint density at radius 3 is 2.79 bits per heavy atom. The van der Waals surface area contributed by atoms with E-state index in [-0.39, 0.29) is 11.9 Å². The summed E-state index contributed by atoms with van der Waals surface area (Å²) < 4.78 is 11.1. The third-order valence-corrected chi connectivity index (χ3v) is 4.03. The number of H-pyrrole nitrogens is 1. The van der Waals surface area contributed by atoms with E-state index in [0.29, 0.717) is 18.1 Å². The fourth-order valence-corrected chi connectivity index (χ4v) is 2.61. The molecule has 1 aliphatic carbocycles. The van der Waals surface area contributed by atoms with Crippen LogP contribution in [0.3, 0.4) is 0 Å². The lowest BCUT2D eigenvalue weighted by Crippen LogP contribution is -2.11. The zero-order valence-electron chi connectivity index (χ0n) is 13.4. The van der Waals surface area contributed by atoms with Gasteiger partial charge in [0.05, 0.1) is 23.6 Å². The van der Waals surface area contributed by atoms with Gasteiger partial charge >= 0.3 is 5.97 Å². The van der Waals surface area contributed by atoms with Crippen LogP contribution in [0, 0.1) is 5.92 Å². The molecule has 5 nitrogen and oxygen atoms in total. The van der Waals surface area contributed by atoms with Gasteiger partial charge in [-0.3, -0.25) is 4.79 Å². The number of hydrogen-bond acceptors (Lipinski definition) is 4. The average molecular weight is 322 g/mol. The van der Waals surface area contributed by atoms with Gasteiger partial charge in [-0.2, -0.15) is 0 Å². The van der Waals surface area contributed by atoms with Crippen molar-refractivity contribution in [3.63, 3.8) is 0 Å². The first-order valence-corrected chi connectivity index (χ1v) is 8.18. The lowest BCUT2D eigenvalue weighted by atomic mass is 10.2. The first kappa shape index (κ1) is 14.8. The molecular formula is C19H18N2O3. The highest BCUT2D eigenvalue weighted by Crippen LogP contribution is 2.36. The summed E-state index contributed by atoms with van der Waals surface area (Å²) in [6, 6.07) is 13.4. The molecule has 1 saturated carbocycles. The molecule has 1 aromatic heterocycles. The van der Waals surface area contributed by atoms with Crippen LogP contribution in [0.1, 0.15) is 19.8 Å². The molecule has 24 heavy (non-hydrogen) atoms. The molecule has 122 valence electrons. The van der Waals surface area contributed by atoms with Gasteiger partial charge in [0, 0.05) is 5.56 Å². The van der Waals surface area contributed by atoms with Crippen molar-refractivity contribution in [2.24, 2.45) is 5.92 Å². The van der Waals surface area contributed by atoms with E-state index in [4.69, 9.17) is 9.47 Å². The van der Waals surface area contributed by atoms with Crippen molar-refractivity contribution < 1.29 is 14.3 Å². The van der Waals surface area contributed by atoms with Crippen molar-refractivity contribution in [1.29, 1.82) is 0 Å². The summed E-state index contributed by atoms with van der Waals surface area (Å²) in [6.45, 7) is 2.40. The average Bonchev–Trinajstić information content (AvgIpc) is 3.35. The van der Waals surface area contributed by atoms with Gasteiger partial charge in [-0.05, 0) is 50.1 Å². The zero-order valence-corrected chi connectivity index (χ0v) is 13.4. The highest BCUT2D eigenvalue weighted by Gasteiger charge is 2.32. The fourth-order valence-electron chi connectivity index (χ4n) is 2.61. The second-order valence-corrected chi connectivity index (χ2v) is 5.89. The molecule has 5 heteroatoms. The maximum atomic E-state index is 11.9. The smallest absolute Gasteiger partial charge is 0.314 e. The second-order valence-electron chi connectivity index (χ2n) is 5.89. The summed E-state index contributed by atoms with van der Waals surface area (Å²) >= 11 is 0. The third-order valence-electron chi connectivity index (χ3n) is 4.03. The molecule has 1 aliphatic rings. The predicted octanol–water partition coefficient (Wildman–Crippen LogP) is 3.94. The maximum Gasteiger partial charge on any atom is 0.314 e. The first-order chi connectivity index (χ1) is 11.7. The number of para-hydroxylation sites is 2. The van der Waals surface area contributed by atoms with Crippen LogP contribution in [-0.4, -0.2) is 22.5 Å². The standard InChI is InChI=1S/C19H18N2O3/c1-2-23-17-11-13(9-10-16(17)24-19(22)12-7-8-12)18-20-14-5-3-4-6-15(14)21-18/h3-6,9-12H,2,7-8H2,1H3,(H,20,21). The van der Waals surface area contributed by atoms with Crippen LogP contribution in [0.15, 0.2) is 42.5 Å². The van der Waals surface area contributed by atoms with Gasteiger partial charge in [0.1, 0.15) is 5.82 Å². The Kier molecular flexibility index (Phi) is 3.69. The van der Waals surface area contributed by atoms with Crippen LogP contribution in [0.5, 0.6) is 11.5 Å². The molecule has 2 aromatic carbocycles. The van der Waals surface area contributed by atoms with Gasteiger partial charge in [0.15, 0.2) is 11.5 Å². The molecule has 4 rings (SSSR count). The fraction of sp³-hybridized carbons (Fsp3) is 0.263. The minimum Gasteiger partial charge on any atom is -0.490 e. The van der Waals surface area contributed by atoms with Crippen molar-refractivity contribution in [3.05, 3.63) is 42.5 Å². The van der Waals surface area contributed by atoms with Crippen molar-refractivity contribution in [2.75, 3.05) is 6.61 Å². The molecule has 0 radical (unpaired) electrons. The number of fused-ring (bicyclic) bond motifs is 1. The van der Waals surface area contributed by atoms with E-state index < -0.39 is 0 Å². The number of esters is 1. The van der Waals surface area contributed by atoms with Gasteiger partial charge < -0.3 is 14.5 Å². The van der Waals surface area contributed by atoms with Crippen molar-refractivity contribution in [2.45, 2.75) is 19.8 Å². The Labute approximate surface area is 139 Å². The van der Waals surface area contributed by atoms with Crippen LogP contribution in [0.25, 0.3) is 22.4 Å². The molecule has 0 aliphatic heterocycles. The Hall–Kier alpha value is -2.82. The number of nitrogens with zero attached hydrogens (tertiary/aromatic N) is 1. The third kappa shape index (κ3) is 2.85. The number of rotatable bonds is 5. The van der Waals surface area contributed by atoms with E-state index >= 15 is 0 Å². The normalized spacial score (nSPS) is 13.9. The summed E-state index contributed by atoms with van der Waals surface area (Å²) in [5.41, 5.74) is 2.78. The van der Waals surface area contributed by atoms with Crippen LogP contribution < -0.4 is 9.47 Å². The minimum absolute atomic E-state index is 0.0505. The number of ether oxygens (including phenoxy) is 2. The second kappa shape index (κ2) is 6.00. The number of benzene rings is 2. The van der Waals surface area contributed by atoms with Gasteiger partial charge in [0.25, 0.3) is 0 Å². The molecule has 1 heterocycles. The first-order valence-electron chi connectivity index (χ1n) is 8.18. The number of carbonyl (C=O) groups is 1. The Morgan fingerprint density at radius 2 is 2.04 bits per heavy atom. The summed E-state index contributed by atoms with van der Waals surface area (Å²) in [7, 11) is 0. The predicted molar refractivity (Wildman–Crippen MR) is 91.1 cm³/mol. The van der Waals surface area contributed by atoms with E-state index in [9.17, 15) is 4.79 Å². The molecule has 0 bridgehead atoms. The quantitative estimate of drug-likeness (QED) is 0.571. The Balaban J connectivity index is 1.68. The molecule has 0 unspecified atom stereocenters. The maximum absolute atomic E-state index is 11.9. The lowest BCUT2D eigenvalue weighted by Gasteiger charge is -2.11. The van der Waals surface area contributed by atoms with E-state index in [1.54, 1.807) is 6.07 Å². The Bertz CT molecular complexity index is 864. The number of nitrogens with one attached hydrogen (secondary N) is 1. The van der Waals surface area contributed by atoms with Gasteiger partial charge in [-0.1, -0.05) is 12.1 Å². The van der Waals surface area contributed by atoms with Crippen molar-refractivity contribution >= 4 is 17.0 Å². The summed E-state index contributed by atoms with van der Waals surface area (Å²) in [5, 5.41) is 0. The molecule has 1 N–H and O–H groups in total. The van der Waals surface area contributed by atoms with Crippen LogP contribution >= 0.6 is 0 Å². The summed E-state index contributed by atoms with van der Waals surface area (Å²) in [4.78, 5) is 19.8. The van der Waals surface area contributed by atoms with Crippen molar-refractivity contribution in [3.8, 4) is 22.9 Å². The van der Waals surface area contributed by atoms with Crippen LogP contribution in [0.2, 0.25) is 0 Å². The topological polar surface area (TPSA) is 64.2 Å². The van der Waals surface area contributed by atoms with Gasteiger partial charge in [-0.25, -0.2) is 4.98 Å². The van der Waals surface area contributed by atoms with Gasteiger partial charge in [-0.15, -0.1) is 0 Å². The van der Waals surface area contributed by atoms with Crippen LogP contribution in [0.4, 0.5) is 0 Å². The molecule has 0 saturated heterocycles. The largest absolute Gasteiger partial charge is 0.490 e. The van der Waals surface area contributed by atoms with Gasteiger partial charge in [0.2, 0.25) is 0 Å². The lowest BCUT2D eigenvalue weighted by molar-refractivity contribution is -0.135. The molecule has 1 fully saturated rings. The summed E-state index contributed by atoms with van der Waals surface area (Å²) in [5.74, 6) is 1.66. The SMILES string of the molecule is CCOc1cc(-c2nc3ccccc3[nH]2)ccc1OC(=O)C1CC1. The highest BCUT2D eigenvalue weighted by molar-refractivity contribution is 5.81. The molecule has 3 aromatic rings. The number of aromatic nitrogens is 2. The number of aromatic amines is 1. The van der Waals surface area contributed by atoms with Crippen LogP contribution in [-0.2, 0) is 4.79 Å². The molecule has 0 atom stereocenters. The Morgan fingerprint density at radius 1 is 1.21 bits per heavy atom. The molecular weight excluding hydrogens is 304 g/mol. The number of imidazole rings is 1. The molecule has 0 amide bonds. The van der Waals surface area contributed by atoms with E-state index in [1.807, 2.05) is 43.3 Å². The van der Waals surface area contributed by atoms with E-state index in [0.717, 1.165) is 35.3 Å². The molecule has 0 spiro atoms. The van der Waals surface area contributed by atoms with E-state index in [2.05, 4.69) is 9.97 Å². The highest BCUT2D eigenvalue weighted by atomic mass is 16.6.